The summed E-state index contributed by atoms with van der Waals surface area (Å²) in [6.07, 6.45) is 0. The second-order valence-electron chi connectivity index (χ2n) is 5.77. The predicted octanol–water partition coefficient (Wildman–Crippen LogP) is 1.92. The number of nitrogens with one attached hydrogen (secondary N) is 1. The summed E-state index contributed by atoms with van der Waals surface area (Å²) in [5.74, 6) is -1.11. The second-order valence-corrected chi connectivity index (χ2v) is 5.77. The number of ether oxygens (including phenoxy) is 2. The summed E-state index contributed by atoms with van der Waals surface area (Å²) in [4.78, 5) is 37.4. The number of hydrogen-bond donors (Lipinski definition) is 1. The van der Waals surface area contributed by atoms with Crippen molar-refractivity contribution in [1.29, 1.82) is 5.26 Å². The third-order valence-electron chi connectivity index (χ3n) is 3.78. The third-order valence-corrected chi connectivity index (χ3v) is 3.78. The number of nitriles is 1. The van der Waals surface area contributed by atoms with Crippen LogP contribution in [0.4, 0.5) is 5.69 Å². The van der Waals surface area contributed by atoms with E-state index in [9.17, 15) is 14.4 Å². The van der Waals surface area contributed by atoms with E-state index >= 15 is 0 Å². The second kappa shape index (κ2) is 11.1. The number of amides is 2. The van der Waals surface area contributed by atoms with Crippen molar-refractivity contribution in [1.82, 2.24) is 5.32 Å². The summed E-state index contributed by atoms with van der Waals surface area (Å²) in [7, 11) is 0. The quantitative estimate of drug-likeness (QED) is 0.513. The van der Waals surface area contributed by atoms with E-state index in [-0.39, 0.29) is 13.1 Å². The fourth-order valence-electron chi connectivity index (χ4n) is 2.40. The molecule has 2 aromatic carbocycles. The first-order valence-corrected chi connectivity index (χ1v) is 8.94. The normalized spacial score (nSPS) is 9.79. The van der Waals surface area contributed by atoms with E-state index in [1.54, 1.807) is 54.6 Å². The number of esters is 1. The summed E-state index contributed by atoms with van der Waals surface area (Å²) < 4.78 is 10.2. The van der Waals surface area contributed by atoms with Gasteiger partial charge in [-0.2, -0.15) is 5.26 Å². The molecule has 2 aromatic rings. The molecule has 150 valence electrons. The van der Waals surface area contributed by atoms with Gasteiger partial charge < -0.3 is 14.8 Å². The van der Waals surface area contributed by atoms with Gasteiger partial charge >= 0.3 is 5.97 Å². The van der Waals surface area contributed by atoms with Gasteiger partial charge in [-0.1, -0.05) is 18.2 Å². The molecule has 1 N–H and O–H groups in total. The van der Waals surface area contributed by atoms with Gasteiger partial charge in [-0.25, -0.2) is 0 Å². The van der Waals surface area contributed by atoms with Crippen LogP contribution in [0.2, 0.25) is 0 Å². The minimum Gasteiger partial charge on any atom is -0.494 e. The lowest BCUT2D eigenvalue weighted by molar-refractivity contribution is -0.146. The largest absolute Gasteiger partial charge is 0.494 e. The maximum Gasteiger partial charge on any atom is 0.325 e. The zero-order valence-corrected chi connectivity index (χ0v) is 16.0. The van der Waals surface area contributed by atoms with Crippen LogP contribution in [0, 0.1) is 11.3 Å². The molecule has 0 saturated carbocycles. The van der Waals surface area contributed by atoms with Crippen LogP contribution in [0.15, 0.2) is 54.6 Å². The molecule has 0 unspecified atom stereocenters. The molecule has 0 aliphatic rings. The highest BCUT2D eigenvalue weighted by molar-refractivity contribution is 5.97. The molecule has 0 spiro atoms. The average molecular weight is 395 g/mol. The number of rotatable bonds is 9. The molecule has 2 rings (SSSR count). The van der Waals surface area contributed by atoms with Crippen molar-refractivity contribution in [3.63, 3.8) is 0 Å². The topological polar surface area (TPSA) is 109 Å². The lowest BCUT2D eigenvalue weighted by Crippen LogP contribution is -2.37. The highest BCUT2D eigenvalue weighted by Crippen LogP contribution is 2.13. The smallest absolute Gasteiger partial charge is 0.325 e. The summed E-state index contributed by atoms with van der Waals surface area (Å²) in [5, 5.41) is 11.3. The Morgan fingerprint density at radius 2 is 1.76 bits per heavy atom. The van der Waals surface area contributed by atoms with E-state index in [1.165, 1.54) is 4.90 Å². The number of hydrogen-bond acceptors (Lipinski definition) is 6. The Balaban J connectivity index is 1.81. The first-order valence-electron chi connectivity index (χ1n) is 8.94. The minimum atomic E-state index is -0.761. The number of anilines is 1. The molecule has 2 amide bonds. The van der Waals surface area contributed by atoms with Crippen molar-refractivity contribution in [2.24, 2.45) is 0 Å². The lowest BCUT2D eigenvalue weighted by atomic mass is 10.2. The Kier molecular flexibility index (Phi) is 8.20. The first-order chi connectivity index (χ1) is 14.0. The Bertz CT molecular complexity index is 875. The highest BCUT2D eigenvalue weighted by Gasteiger charge is 2.17. The molecule has 0 radical (unpaired) electrons. The van der Waals surface area contributed by atoms with E-state index in [2.05, 4.69) is 5.32 Å². The molecule has 8 nitrogen and oxygen atoms in total. The zero-order chi connectivity index (χ0) is 21.1. The van der Waals surface area contributed by atoms with E-state index in [0.29, 0.717) is 23.6 Å². The molecule has 0 saturated heterocycles. The molecule has 8 heteroatoms. The lowest BCUT2D eigenvalue weighted by Gasteiger charge is -2.19. The Morgan fingerprint density at radius 3 is 2.38 bits per heavy atom. The SMILES string of the molecule is CCOc1ccc(C(=O)NCC(=O)OCC(=O)N(CC#N)c2ccccc2)cc1. The van der Waals surface area contributed by atoms with Gasteiger partial charge in [-0.05, 0) is 43.3 Å². The van der Waals surface area contributed by atoms with Crippen LogP contribution >= 0.6 is 0 Å². The Hall–Kier alpha value is -3.86. The van der Waals surface area contributed by atoms with Crippen LogP contribution in [0.3, 0.4) is 0 Å². The van der Waals surface area contributed by atoms with E-state index in [0.717, 1.165) is 0 Å². The van der Waals surface area contributed by atoms with E-state index in [1.807, 2.05) is 13.0 Å². The van der Waals surface area contributed by atoms with Gasteiger partial charge in [0.1, 0.15) is 18.8 Å². The molecule has 0 aromatic heterocycles. The molecule has 0 bridgehead atoms. The molecular weight excluding hydrogens is 374 g/mol. The fourth-order valence-corrected chi connectivity index (χ4v) is 2.40. The molecular formula is C21H21N3O5. The minimum absolute atomic E-state index is 0.172. The van der Waals surface area contributed by atoms with Gasteiger partial charge in [-0.15, -0.1) is 0 Å². The van der Waals surface area contributed by atoms with Gasteiger partial charge in [0, 0.05) is 11.3 Å². The molecule has 0 heterocycles. The van der Waals surface area contributed by atoms with Gasteiger partial charge in [0.2, 0.25) is 0 Å². The highest BCUT2D eigenvalue weighted by atomic mass is 16.5. The van der Waals surface area contributed by atoms with Crippen molar-refractivity contribution in [2.75, 3.05) is 31.2 Å². The predicted molar refractivity (Wildman–Crippen MR) is 105 cm³/mol. The van der Waals surface area contributed by atoms with Crippen molar-refractivity contribution in [3.05, 3.63) is 60.2 Å². The Morgan fingerprint density at radius 1 is 1.07 bits per heavy atom. The number of benzene rings is 2. The number of nitrogens with zero attached hydrogens (tertiary/aromatic N) is 2. The third kappa shape index (κ3) is 6.66. The molecule has 0 aliphatic heterocycles. The first kappa shape index (κ1) is 21.4. The monoisotopic (exact) mass is 395 g/mol. The van der Waals surface area contributed by atoms with Gasteiger partial charge in [0.25, 0.3) is 11.8 Å². The summed E-state index contributed by atoms with van der Waals surface area (Å²) in [6, 6.07) is 17.0. The van der Waals surface area contributed by atoms with Crippen LogP contribution in [0.25, 0.3) is 0 Å². The summed E-state index contributed by atoms with van der Waals surface area (Å²) in [5.41, 5.74) is 0.889. The van der Waals surface area contributed by atoms with Crippen LogP contribution < -0.4 is 15.0 Å². The number of para-hydroxylation sites is 1. The average Bonchev–Trinajstić information content (AvgIpc) is 2.75. The van der Waals surface area contributed by atoms with E-state index < -0.39 is 24.4 Å². The summed E-state index contributed by atoms with van der Waals surface area (Å²) in [6.45, 7) is 1.29. The Labute approximate surface area is 168 Å². The van der Waals surface area contributed by atoms with Crippen LogP contribution in [0.1, 0.15) is 17.3 Å². The fraction of sp³-hybridized carbons (Fsp3) is 0.238. The van der Waals surface area contributed by atoms with E-state index in [4.69, 9.17) is 14.7 Å². The van der Waals surface area contributed by atoms with Crippen LogP contribution in [0.5, 0.6) is 5.75 Å². The number of carbonyl (C=O) groups is 3. The van der Waals surface area contributed by atoms with Crippen LogP contribution in [-0.4, -0.2) is 44.1 Å². The molecule has 0 atom stereocenters. The maximum atomic E-state index is 12.3. The standard InChI is InChI=1S/C21H21N3O5/c1-2-28-18-10-8-16(9-11-18)21(27)23-14-20(26)29-15-19(25)24(13-12-22)17-6-4-3-5-7-17/h3-11H,2,13-15H2,1H3,(H,23,27). The molecule has 29 heavy (non-hydrogen) atoms. The zero-order valence-electron chi connectivity index (χ0n) is 16.0. The van der Waals surface area contributed by atoms with Gasteiger partial charge in [0.15, 0.2) is 6.61 Å². The van der Waals surface area contributed by atoms with Crippen molar-refractivity contribution in [3.8, 4) is 11.8 Å². The molecule has 0 fully saturated rings. The van der Waals surface area contributed by atoms with Crippen molar-refractivity contribution in [2.45, 2.75) is 6.92 Å². The van der Waals surface area contributed by atoms with Gasteiger partial charge in [-0.3, -0.25) is 19.3 Å². The van der Waals surface area contributed by atoms with Gasteiger partial charge in [0.05, 0.1) is 12.7 Å². The maximum absolute atomic E-state index is 12.3. The van der Waals surface area contributed by atoms with Crippen molar-refractivity contribution < 1.29 is 23.9 Å². The molecule has 0 aliphatic carbocycles. The van der Waals surface area contributed by atoms with Crippen LogP contribution in [-0.2, 0) is 14.3 Å². The number of carbonyl (C=O) groups excluding carboxylic acids is 3. The van der Waals surface area contributed by atoms with Crippen molar-refractivity contribution >= 4 is 23.5 Å². The summed E-state index contributed by atoms with van der Waals surface area (Å²) >= 11 is 0.